The van der Waals surface area contributed by atoms with Crippen LogP contribution in [0.15, 0.2) is 24.3 Å². The first-order chi connectivity index (χ1) is 7.92. The quantitative estimate of drug-likeness (QED) is 0.703. The Kier molecular flexibility index (Phi) is 2.96. The van der Waals surface area contributed by atoms with Crippen LogP contribution in [0.4, 0.5) is 0 Å². The molecule has 1 aromatic carbocycles. The Balaban J connectivity index is 1.51. The highest BCUT2D eigenvalue weighted by Crippen LogP contribution is 2.29. The summed E-state index contributed by atoms with van der Waals surface area (Å²) < 4.78 is 5.25. The minimum atomic E-state index is 0.621. The summed E-state index contributed by atoms with van der Waals surface area (Å²) >= 11 is 0. The standard InChI is InChI=1S/C15H20O/c1-2-6-14-10-12(8-9-13(14)5-1)4-3-7-15-11-16-15/h1-2,5-6,12,15H,3-4,7-11H2. The van der Waals surface area contributed by atoms with Crippen LogP contribution < -0.4 is 0 Å². The zero-order chi connectivity index (χ0) is 10.8. The molecule has 2 unspecified atom stereocenters. The highest BCUT2D eigenvalue weighted by atomic mass is 16.6. The van der Waals surface area contributed by atoms with Crippen molar-refractivity contribution in [2.45, 2.75) is 44.6 Å². The lowest BCUT2D eigenvalue weighted by atomic mass is 9.81. The first-order valence-corrected chi connectivity index (χ1v) is 6.60. The van der Waals surface area contributed by atoms with Gasteiger partial charge in [-0.1, -0.05) is 37.1 Å². The molecule has 3 rings (SSSR count). The van der Waals surface area contributed by atoms with Crippen LogP contribution in [-0.2, 0) is 17.6 Å². The molecule has 1 saturated heterocycles. The molecule has 1 nitrogen and oxygen atoms in total. The summed E-state index contributed by atoms with van der Waals surface area (Å²) in [6.45, 7) is 1.02. The Bertz CT molecular complexity index is 354. The summed E-state index contributed by atoms with van der Waals surface area (Å²) in [5, 5.41) is 0. The zero-order valence-corrected chi connectivity index (χ0v) is 9.82. The van der Waals surface area contributed by atoms with Gasteiger partial charge in [-0.25, -0.2) is 0 Å². The van der Waals surface area contributed by atoms with Gasteiger partial charge in [0.25, 0.3) is 0 Å². The molecular weight excluding hydrogens is 196 g/mol. The lowest BCUT2D eigenvalue weighted by molar-refractivity contribution is 0.362. The number of hydrogen-bond acceptors (Lipinski definition) is 1. The van der Waals surface area contributed by atoms with E-state index >= 15 is 0 Å². The Morgan fingerprint density at radius 3 is 2.75 bits per heavy atom. The fraction of sp³-hybridized carbons (Fsp3) is 0.600. The molecule has 86 valence electrons. The second-order valence-electron chi connectivity index (χ2n) is 5.26. The fourth-order valence-electron chi connectivity index (χ4n) is 2.89. The second kappa shape index (κ2) is 4.58. The number of aryl methyl sites for hydroxylation is 1. The molecule has 1 heteroatoms. The van der Waals surface area contributed by atoms with Crippen molar-refractivity contribution in [3.63, 3.8) is 0 Å². The molecule has 0 bridgehead atoms. The molecular formula is C15H20O. The molecule has 0 spiro atoms. The minimum absolute atomic E-state index is 0.621. The van der Waals surface area contributed by atoms with E-state index in [1.54, 1.807) is 11.1 Å². The van der Waals surface area contributed by atoms with Crippen LogP contribution in [0.5, 0.6) is 0 Å². The third-order valence-corrected chi connectivity index (χ3v) is 3.99. The van der Waals surface area contributed by atoms with Crippen LogP contribution in [0.1, 0.15) is 36.8 Å². The predicted molar refractivity (Wildman–Crippen MR) is 65.5 cm³/mol. The Hall–Kier alpha value is -0.820. The van der Waals surface area contributed by atoms with Crippen molar-refractivity contribution < 1.29 is 4.74 Å². The van der Waals surface area contributed by atoms with Gasteiger partial charge in [-0.2, -0.15) is 0 Å². The van der Waals surface area contributed by atoms with Gasteiger partial charge < -0.3 is 4.74 Å². The van der Waals surface area contributed by atoms with E-state index in [2.05, 4.69) is 24.3 Å². The smallest absolute Gasteiger partial charge is 0.0810 e. The molecule has 1 aliphatic heterocycles. The van der Waals surface area contributed by atoms with Crippen LogP contribution in [-0.4, -0.2) is 12.7 Å². The molecule has 2 aliphatic rings. The topological polar surface area (TPSA) is 12.5 Å². The van der Waals surface area contributed by atoms with E-state index in [4.69, 9.17) is 4.74 Å². The Labute approximate surface area is 97.8 Å². The van der Waals surface area contributed by atoms with Crippen molar-refractivity contribution in [3.05, 3.63) is 35.4 Å². The van der Waals surface area contributed by atoms with Crippen molar-refractivity contribution in [1.29, 1.82) is 0 Å². The summed E-state index contributed by atoms with van der Waals surface area (Å²) in [4.78, 5) is 0. The van der Waals surface area contributed by atoms with Gasteiger partial charge in [0, 0.05) is 0 Å². The van der Waals surface area contributed by atoms with Gasteiger partial charge in [0.05, 0.1) is 12.7 Å². The first-order valence-electron chi connectivity index (χ1n) is 6.60. The molecule has 0 saturated carbocycles. The van der Waals surface area contributed by atoms with E-state index in [9.17, 15) is 0 Å². The summed E-state index contributed by atoms with van der Waals surface area (Å²) in [5.74, 6) is 0.925. The Morgan fingerprint density at radius 1 is 1.12 bits per heavy atom. The van der Waals surface area contributed by atoms with Crippen LogP contribution in [0.2, 0.25) is 0 Å². The van der Waals surface area contributed by atoms with Crippen LogP contribution in [0, 0.1) is 5.92 Å². The molecule has 1 aliphatic carbocycles. The number of hydrogen-bond donors (Lipinski definition) is 0. The number of fused-ring (bicyclic) bond motifs is 1. The van der Waals surface area contributed by atoms with Crippen molar-refractivity contribution in [2.24, 2.45) is 5.92 Å². The zero-order valence-electron chi connectivity index (χ0n) is 9.82. The maximum absolute atomic E-state index is 5.25. The van der Waals surface area contributed by atoms with Crippen molar-refractivity contribution in [1.82, 2.24) is 0 Å². The van der Waals surface area contributed by atoms with E-state index in [1.165, 1.54) is 38.5 Å². The van der Waals surface area contributed by atoms with Gasteiger partial charge >= 0.3 is 0 Å². The molecule has 0 aromatic heterocycles. The number of benzene rings is 1. The van der Waals surface area contributed by atoms with Crippen LogP contribution in [0.25, 0.3) is 0 Å². The molecule has 1 aromatic rings. The van der Waals surface area contributed by atoms with Gasteiger partial charge in [-0.3, -0.25) is 0 Å². The van der Waals surface area contributed by atoms with Gasteiger partial charge in [0.1, 0.15) is 0 Å². The van der Waals surface area contributed by atoms with E-state index < -0.39 is 0 Å². The summed E-state index contributed by atoms with van der Waals surface area (Å²) in [5.41, 5.74) is 3.19. The van der Waals surface area contributed by atoms with E-state index in [0.717, 1.165) is 12.5 Å². The number of epoxide rings is 1. The van der Waals surface area contributed by atoms with Crippen molar-refractivity contribution in [2.75, 3.05) is 6.61 Å². The summed E-state index contributed by atoms with van der Waals surface area (Å²) in [6.07, 6.45) is 8.66. The normalized spacial score (nSPS) is 27.5. The maximum atomic E-state index is 5.25. The average molecular weight is 216 g/mol. The fourth-order valence-corrected chi connectivity index (χ4v) is 2.89. The molecule has 0 N–H and O–H groups in total. The molecule has 16 heavy (non-hydrogen) atoms. The first kappa shape index (κ1) is 10.3. The van der Waals surface area contributed by atoms with Gasteiger partial charge in [0.2, 0.25) is 0 Å². The molecule has 2 atom stereocenters. The number of rotatable bonds is 4. The molecule has 0 radical (unpaired) electrons. The van der Waals surface area contributed by atoms with Gasteiger partial charge in [-0.05, 0) is 42.7 Å². The van der Waals surface area contributed by atoms with E-state index in [1.807, 2.05) is 0 Å². The largest absolute Gasteiger partial charge is 0.373 e. The van der Waals surface area contributed by atoms with Gasteiger partial charge in [0.15, 0.2) is 0 Å². The lowest BCUT2D eigenvalue weighted by Gasteiger charge is -2.24. The van der Waals surface area contributed by atoms with Gasteiger partial charge in [-0.15, -0.1) is 0 Å². The lowest BCUT2D eigenvalue weighted by Crippen LogP contribution is -2.14. The Morgan fingerprint density at radius 2 is 1.94 bits per heavy atom. The SMILES string of the molecule is c1ccc2c(c1)CCC(CCCC1CO1)C2. The van der Waals surface area contributed by atoms with Crippen LogP contribution >= 0.6 is 0 Å². The number of ether oxygens (including phenoxy) is 1. The monoisotopic (exact) mass is 216 g/mol. The highest BCUT2D eigenvalue weighted by Gasteiger charge is 2.23. The van der Waals surface area contributed by atoms with Crippen molar-refractivity contribution >= 4 is 0 Å². The highest BCUT2D eigenvalue weighted by molar-refractivity contribution is 5.29. The second-order valence-corrected chi connectivity index (χ2v) is 5.26. The van der Waals surface area contributed by atoms with Crippen LogP contribution in [0.3, 0.4) is 0 Å². The van der Waals surface area contributed by atoms with E-state index in [-0.39, 0.29) is 0 Å². The van der Waals surface area contributed by atoms with E-state index in [0.29, 0.717) is 6.10 Å². The maximum Gasteiger partial charge on any atom is 0.0810 e. The third kappa shape index (κ3) is 2.46. The van der Waals surface area contributed by atoms with Crippen molar-refractivity contribution in [3.8, 4) is 0 Å². The summed E-state index contributed by atoms with van der Waals surface area (Å²) in [6, 6.07) is 8.96. The molecule has 0 amide bonds. The third-order valence-electron chi connectivity index (χ3n) is 3.99. The predicted octanol–water partition coefficient (Wildman–Crippen LogP) is 3.36. The summed E-state index contributed by atoms with van der Waals surface area (Å²) in [7, 11) is 0. The minimum Gasteiger partial charge on any atom is -0.373 e. The molecule has 1 fully saturated rings. The average Bonchev–Trinajstić information content (AvgIpc) is 3.13. The molecule has 1 heterocycles.